The first kappa shape index (κ1) is 14.0. The van der Waals surface area contributed by atoms with E-state index < -0.39 is 5.97 Å². The summed E-state index contributed by atoms with van der Waals surface area (Å²) in [6.45, 7) is 4.26. The topological polar surface area (TPSA) is 64.1 Å². The molecule has 5 heteroatoms. The number of nitrogens with one attached hydrogen (secondary N) is 1. The number of hydrogen-bond acceptors (Lipinski definition) is 5. The van der Waals surface area contributed by atoms with Crippen LogP contribution in [0.2, 0.25) is 0 Å². The molecule has 1 aromatic carbocycles. The Morgan fingerprint density at radius 2 is 1.95 bits per heavy atom. The van der Waals surface area contributed by atoms with E-state index in [-0.39, 0.29) is 5.69 Å². The highest BCUT2D eigenvalue weighted by atomic mass is 16.5. The summed E-state index contributed by atoms with van der Waals surface area (Å²) in [5.41, 5.74) is 2.38. The van der Waals surface area contributed by atoms with Crippen LogP contribution in [-0.2, 0) is 4.74 Å². The van der Waals surface area contributed by atoms with Crippen LogP contribution >= 0.6 is 0 Å². The molecule has 0 aliphatic rings. The van der Waals surface area contributed by atoms with Crippen molar-refractivity contribution in [3.05, 3.63) is 47.9 Å². The van der Waals surface area contributed by atoms with Crippen LogP contribution in [0, 0.1) is 0 Å². The molecule has 2 aromatic rings. The molecule has 0 aliphatic carbocycles. The van der Waals surface area contributed by atoms with Crippen LogP contribution in [0.3, 0.4) is 0 Å². The molecular formula is C15H17N3O2. The quantitative estimate of drug-likeness (QED) is 0.865. The monoisotopic (exact) mass is 271 g/mol. The van der Waals surface area contributed by atoms with E-state index in [1.807, 2.05) is 18.2 Å². The van der Waals surface area contributed by atoms with Crippen LogP contribution in [0.4, 0.5) is 11.5 Å². The second kappa shape index (κ2) is 6.14. The van der Waals surface area contributed by atoms with E-state index in [0.29, 0.717) is 11.7 Å². The number of methoxy groups -OCH3 is 1. The first-order valence-electron chi connectivity index (χ1n) is 6.38. The summed E-state index contributed by atoms with van der Waals surface area (Å²) >= 11 is 0. The Hall–Kier alpha value is -2.43. The molecule has 0 fully saturated rings. The van der Waals surface area contributed by atoms with Crippen LogP contribution < -0.4 is 5.32 Å². The number of esters is 1. The molecule has 0 unspecified atom stereocenters. The van der Waals surface area contributed by atoms with Gasteiger partial charge in [-0.05, 0) is 17.5 Å². The summed E-state index contributed by atoms with van der Waals surface area (Å²) in [6, 6.07) is 8.03. The van der Waals surface area contributed by atoms with Crippen LogP contribution in [0.15, 0.2) is 36.7 Å². The SMILES string of the molecule is COC(=O)c1cnc(Nc2ccccc2C(C)C)cn1. The van der Waals surface area contributed by atoms with Gasteiger partial charge in [-0.25, -0.2) is 14.8 Å². The van der Waals surface area contributed by atoms with E-state index in [9.17, 15) is 4.79 Å². The molecule has 0 amide bonds. The highest BCUT2D eigenvalue weighted by Gasteiger charge is 2.09. The lowest BCUT2D eigenvalue weighted by atomic mass is 10.0. The van der Waals surface area contributed by atoms with Crippen molar-refractivity contribution in [3.63, 3.8) is 0 Å². The van der Waals surface area contributed by atoms with Gasteiger partial charge in [-0.2, -0.15) is 0 Å². The largest absolute Gasteiger partial charge is 0.464 e. The summed E-state index contributed by atoms with van der Waals surface area (Å²) in [4.78, 5) is 19.5. The first-order chi connectivity index (χ1) is 9.61. The van der Waals surface area contributed by atoms with Crippen molar-refractivity contribution in [1.29, 1.82) is 0 Å². The van der Waals surface area contributed by atoms with Crippen molar-refractivity contribution < 1.29 is 9.53 Å². The normalized spacial score (nSPS) is 10.4. The Morgan fingerprint density at radius 1 is 1.20 bits per heavy atom. The van der Waals surface area contributed by atoms with Crippen molar-refractivity contribution in [1.82, 2.24) is 9.97 Å². The summed E-state index contributed by atoms with van der Waals surface area (Å²) in [7, 11) is 1.31. The Labute approximate surface area is 118 Å². The molecule has 1 N–H and O–H groups in total. The number of aromatic nitrogens is 2. The minimum atomic E-state index is -0.494. The minimum absolute atomic E-state index is 0.190. The molecule has 0 saturated carbocycles. The number of carbonyl (C=O) groups excluding carboxylic acids is 1. The van der Waals surface area contributed by atoms with Gasteiger partial charge >= 0.3 is 5.97 Å². The van der Waals surface area contributed by atoms with E-state index in [4.69, 9.17) is 0 Å². The maximum atomic E-state index is 11.3. The molecule has 1 heterocycles. The van der Waals surface area contributed by atoms with Gasteiger partial charge < -0.3 is 10.1 Å². The maximum absolute atomic E-state index is 11.3. The zero-order valence-corrected chi connectivity index (χ0v) is 11.8. The molecular weight excluding hydrogens is 254 g/mol. The third-order valence-electron chi connectivity index (χ3n) is 2.89. The molecule has 104 valence electrons. The number of nitrogens with zero attached hydrogens (tertiary/aromatic N) is 2. The fourth-order valence-corrected chi connectivity index (χ4v) is 1.85. The highest BCUT2D eigenvalue weighted by molar-refractivity contribution is 5.86. The Bertz CT molecular complexity index is 594. The lowest BCUT2D eigenvalue weighted by Crippen LogP contribution is -2.06. The standard InChI is InChI=1S/C15H17N3O2/c1-10(2)11-6-4-5-7-12(11)18-14-9-16-13(8-17-14)15(19)20-3/h4-10H,1-3H3,(H,17,18). The van der Waals surface area contributed by atoms with E-state index in [1.165, 1.54) is 25.1 Å². The van der Waals surface area contributed by atoms with Gasteiger partial charge in [-0.15, -0.1) is 0 Å². The molecule has 0 saturated heterocycles. The van der Waals surface area contributed by atoms with Gasteiger partial charge in [0.15, 0.2) is 5.69 Å². The zero-order valence-electron chi connectivity index (χ0n) is 11.8. The summed E-state index contributed by atoms with van der Waals surface area (Å²) < 4.78 is 4.58. The van der Waals surface area contributed by atoms with Crippen LogP contribution in [-0.4, -0.2) is 23.0 Å². The number of para-hydroxylation sites is 1. The first-order valence-corrected chi connectivity index (χ1v) is 6.38. The van der Waals surface area contributed by atoms with Crippen molar-refractivity contribution in [2.24, 2.45) is 0 Å². The second-order valence-corrected chi connectivity index (χ2v) is 4.65. The summed E-state index contributed by atoms with van der Waals surface area (Å²) in [6.07, 6.45) is 2.91. The van der Waals surface area contributed by atoms with Crippen molar-refractivity contribution in [3.8, 4) is 0 Å². The lowest BCUT2D eigenvalue weighted by Gasteiger charge is -2.13. The summed E-state index contributed by atoms with van der Waals surface area (Å²) in [5.74, 6) is 0.499. The molecule has 1 aromatic heterocycles. The molecule has 0 spiro atoms. The number of anilines is 2. The molecule has 0 bridgehead atoms. The van der Waals surface area contributed by atoms with E-state index in [0.717, 1.165) is 5.69 Å². The number of benzene rings is 1. The number of ether oxygens (including phenoxy) is 1. The number of hydrogen-bond donors (Lipinski definition) is 1. The maximum Gasteiger partial charge on any atom is 0.358 e. The van der Waals surface area contributed by atoms with Gasteiger partial charge in [0.1, 0.15) is 5.82 Å². The molecule has 0 atom stereocenters. The van der Waals surface area contributed by atoms with Crippen molar-refractivity contribution in [2.45, 2.75) is 19.8 Å². The fourth-order valence-electron chi connectivity index (χ4n) is 1.85. The Morgan fingerprint density at radius 3 is 2.55 bits per heavy atom. The lowest BCUT2D eigenvalue weighted by molar-refractivity contribution is 0.0593. The fraction of sp³-hybridized carbons (Fsp3) is 0.267. The third-order valence-corrected chi connectivity index (χ3v) is 2.89. The minimum Gasteiger partial charge on any atom is -0.464 e. The van der Waals surface area contributed by atoms with E-state index in [2.05, 4.69) is 39.9 Å². The second-order valence-electron chi connectivity index (χ2n) is 4.65. The molecule has 2 rings (SSSR count). The predicted octanol–water partition coefficient (Wildman–Crippen LogP) is 3.13. The predicted molar refractivity (Wildman–Crippen MR) is 77.2 cm³/mol. The van der Waals surface area contributed by atoms with Gasteiger partial charge in [0.05, 0.1) is 19.5 Å². The smallest absolute Gasteiger partial charge is 0.358 e. The van der Waals surface area contributed by atoms with E-state index >= 15 is 0 Å². The van der Waals surface area contributed by atoms with Gasteiger partial charge in [0.2, 0.25) is 0 Å². The molecule has 20 heavy (non-hydrogen) atoms. The number of rotatable bonds is 4. The summed E-state index contributed by atoms with van der Waals surface area (Å²) in [5, 5.41) is 3.21. The Kier molecular flexibility index (Phi) is 4.30. The number of carbonyl (C=O) groups is 1. The van der Waals surface area contributed by atoms with Crippen molar-refractivity contribution >= 4 is 17.5 Å². The van der Waals surface area contributed by atoms with Gasteiger partial charge in [0.25, 0.3) is 0 Å². The van der Waals surface area contributed by atoms with Crippen LogP contribution in [0.1, 0.15) is 35.8 Å². The molecule has 0 radical (unpaired) electrons. The van der Waals surface area contributed by atoms with Gasteiger partial charge in [-0.1, -0.05) is 32.0 Å². The average Bonchev–Trinajstić information content (AvgIpc) is 2.47. The molecule has 0 aliphatic heterocycles. The van der Waals surface area contributed by atoms with Crippen LogP contribution in [0.25, 0.3) is 0 Å². The molecule has 5 nitrogen and oxygen atoms in total. The third kappa shape index (κ3) is 3.12. The van der Waals surface area contributed by atoms with Crippen LogP contribution in [0.5, 0.6) is 0 Å². The van der Waals surface area contributed by atoms with Gasteiger partial charge in [0, 0.05) is 5.69 Å². The van der Waals surface area contributed by atoms with Gasteiger partial charge in [-0.3, -0.25) is 0 Å². The zero-order chi connectivity index (χ0) is 14.5. The van der Waals surface area contributed by atoms with Crippen molar-refractivity contribution in [2.75, 3.05) is 12.4 Å². The highest BCUT2D eigenvalue weighted by Crippen LogP contribution is 2.25. The Balaban J connectivity index is 2.20. The van der Waals surface area contributed by atoms with E-state index in [1.54, 1.807) is 0 Å². The average molecular weight is 271 g/mol.